The molecule has 0 amide bonds. The maximum absolute atomic E-state index is 13.6. The Morgan fingerprint density at radius 3 is 1.95 bits per heavy atom. The fourth-order valence-electron chi connectivity index (χ4n) is 1.73. The fraction of sp³-hybridized carbons (Fsp3) is 0.500. The highest BCUT2D eigenvalue weighted by Gasteiger charge is 2.34. The van der Waals surface area contributed by atoms with E-state index in [1.54, 1.807) is 13.8 Å². The number of hydrogen-bond donors (Lipinski definition) is 1. The van der Waals surface area contributed by atoms with E-state index in [0.717, 1.165) is 0 Å². The topological polar surface area (TPSA) is 46.2 Å². The summed E-state index contributed by atoms with van der Waals surface area (Å²) in [6.45, 7) is 3.51. The number of nitrogens with one attached hydrogen (secondary N) is 1. The van der Waals surface area contributed by atoms with Crippen molar-refractivity contribution in [3.8, 4) is 0 Å². The second-order valence-electron chi connectivity index (χ2n) is 4.43. The highest BCUT2D eigenvalue weighted by molar-refractivity contribution is 9.09. The molecule has 0 heterocycles. The van der Waals surface area contributed by atoms with Crippen LogP contribution in [0.4, 0.5) is 13.2 Å². The highest BCUT2D eigenvalue weighted by atomic mass is 79.9. The predicted molar refractivity (Wildman–Crippen MR) is 73.7 cm³/mol. The van der Waals surface area contributed by atoms with Crippen LogP contribution in [-0.4, -0.2) is 19.3 Å². The number of sulfonamides is 1. The van der Waals surface area contributed by atoms with Gasteiger partial charge in [0.05, 0.1) is 0 Å². The Labute approximate surface area is 124 Å². The molecule has 1 aromatic rings. The van der Waals surface area contributed by atoms with Crippen LogP contribution in [0.15, 0.2) is 17.0 Å². The van der Waals surface area contributed by atoms with E-state index in [0.29, 0.717) is 25.0 Å². The summed E-state index contributed by atoms with van der Waals surface area (Å²) < 4.78 is 66.6. The van der Waals surface area contributed by atoms with Gasteiger partial charge in [0, 0.05) is 23.0 Å². The molecule has 0 atom stereocenters. The van der Waals surface area contributed by atoms with Crippen LogP contribution in [-0.2, 0) is 10.0 Å². The standard InChI is InChI=1S/C12H15BrF3NO2S/c1-3-12(4-2,7-13)17-20(18,19)11-9(15)5-8(14)6-10(11)16/h5-6,17H,3-4,7H2,1-2H3. The van der Waals surface area contributed by atoms with Gasteiger partial charge in [-0.2, -0.15) is 0 Å². The average molecular weight is 374 g/mol. The summed E-state index contributed by atoms with van der Waals surface area (Å²) in [5.74, 6) is -4.08. The maximum Gasteiger partial charge on any atom is 0.246 e. The minimum atomic E-state index is -4.43. The van der Waals surface area contributed by atoms with E-state index in [2.05, 4.69) is 20.7 Å². The quantitative estimate of drug-likeness (QED) is 0.777. The predicted octanol–water partition coefficient (Wildman–Crippen LogP) is 3.34. The van der Waals surface area contributed by atoms with Gasteiger partial charge in [-0.15, -0.1) is 0 Å². The van der Waals surface area contributed by atoms with Gasteiger partial charge in [-0.1, -0.05) is 29.8 Å². The Hall–Kier alpha value is -0.600. The second kappa shape index (κ2) is 6.44. The van der Waals surface area contributed by atoms with Gasteiger partial charge in [-0.05, 0) is 12.8 Å². The van der Waals surface area contributed by atoms with E-state index in [1.807, 2.05) is 0 Å². The molecule has 1 aromatic carbocycles. The smallest absolute Gasteiger partial charge is 0.207 e. The maximum atomic E-state index is 13.6. The van der Waals surface area contributed by atoms with Crippen molar-refractivity contribution in [2.45, 2.75) is 37.1 Å². The first kappa shape index (κ1) is 17.5. The van der Waals surface area contributed by atoms with Crippen molar-refractivity contribution in [1.82, 2.24) is 4.72 Å². The molecule has 0 unspecified atom stereocenters. The average Bonchev–Trinajstić information content (AvgIpc) is 2.34. The highest BCUT2D eigenvalue weighted by Crippen LogP contribution is 2.25. The molecule has 0 aromatic heterocycles. The van der Waals surface area contributed by atoms with Crippen LogP contribution in [0.2, 0.25) is 0 Å². The molecule has 0 aliphatic carbocycles. The first-order chi connectivity index (χ1) is 9.21. The normalized spacial score (nSPS) is 12.7. The van der Waals surface area contributed by atoms with Crippen molar-refractivity contribution in [3.05, 3.63) is 29.6 Å². The lowest BCUT2D eigenvalue weighted by atomic mass is 9.97. The third-order valence-corrected chi connectivity index (χ3v) is 5.89. The lowest BCUT2D eigenvalue weighted by molar-refractivity contribution is 0.395. The fourth-order valence-corrected chi connectivity index (χ4v) is 4.52. The molecule has 0 aliphatic heterocycles. The zero-order valence-corrected chi connectivity index (χ0v) is 13.4. The lowest BCUT2D eigenvalue weighted by Gasteiger charge is -2.30. The summed E-state index contributed by atoms with van der Waals surface area (Å²) in [6, 6.07) is 0.677. The Morgan fingerprint density at radius 2 is 1.60 bits per heavy atom. The first-order valence-electron chi connectivity index (χ1n) is 5.96. The van der Waals surface area contributed by atoms with Gasteiger partial charge in [-0.3, -0.25) is 0 Å². The molecule has 0 fully saturated rings. The van der Waals surface area contributed by atoms with Gasteiger partial charge in [0.25, 0.3) is 0 Å². The van der Waals surface area contributed by atoms with Crippen LogP contribution in [0.1, 0.15) is 26.7 Å². The molecule has 1 N–H and O–H groups in total. The minimum Gasteiger partial charge on any atom is -0.207 e. The molecule has 20 heavy (non-hydrogen) atoms. The van der Waals surface area contributed by atoms with Gasteiger partial charge in [0.2, 0.25) is 10.0 Å². The SMILES string of the molecule is CCC(CC)(CBr)NS(=O)(=O)c1c(F)cc(F)cc1F. The second-order valence-corrected chi connectivity index (χ2v) is 6.61. The molecular weight excluding hydrogens is 359 g/mol. The molecule has 0 spiro atoms. The molecule has 0 saturated heterocycles. The molecule has 8 heteroatoms. The van der Waals surface area contributed by atoms with E-state index in [4.69, 9.17) is 0 Å². The van der Waals surface area contributed by atoms with Gasteiger partial charge >= 0.3 is 0 Å². The van der Waals surface area contributed by atoms with E-state index >= 15 is 0 Å². The zero-order valence-electron chi connectivity index (χ0n) is 11.0. The minimum absolute atomic E-state index is 0.288. The molecular formula is C12H15BrF3NO2S. The summed E-state index contributed by atoms with van der Waals surface area (Å²) in [5, 5.41) is 0.288. The van der Waals surface area contributed by atoms with E-state index in [9.17, 15) is 21.6 Å². The zero-order chi connectivity index (χ0) is 15.6. The third kappa shape index (κ3) is 3.53. The van der Waals surface area contributed by atoms with Crippen molar-refractivity contribution in [2.24, 2.45) is 0 Å². The summed E-state index contributed by atoms with van der Waals surface area (Å²) >= 11 is 3.19. The van der Waals surface area contributed by atoms with Gasteiger partial charge in [0.1, 0.15) is 17.5 Å². The molecule has 1 rings (SSSR count). The van der Waals surface area contributed by atoms with Crippen LogP contribution in [0.3, 0.4) is 0 Å². The Kier molecular flexibility index (Phi) is 5.62. The summed E-state index contributed by atoms with van der Waals surface area (Å²) in [6.07, 6.45) is 0.858. The Bertz CT molecular complexity index is 557. The molecule has 3 nitrogen and oxygen atoms in total. The van der Waals surface area contributed by atoms with E-state index in [1.165, 1.54) is 0 Å². The van der Waals surface area contributed by atoms with Crippen LogP contribution in [0.5, 0.6) is 0 Å². The van der Waals surface area contributed by atoms with Crippen molar-refractivity contribution in [1.29, 1.82) is 0 Å². The molecule has 0 bridgehead atoms. The number of benzene rings is 1. The van der Waals surface area contributed by atoms with Crippen molar-refractivity contribution in [3.63, 3.8) is 0 Å². The van der Waals surface area contributed by atoms with E-state index < -0.39 is 37.9 Å². The van der Waals surface area contributed by atoms with Crippen molar-refractivity contribution < 1.29 is 21.6 Å². The number of alkyl halides is 1. The lowest BCUT2D eigenvalue weighted by Crippen LogP contribution is -2.49. The van der Waals surface area contributed by atoms with Crippen molar-refractivity contribution in [2.75, 3.05) is 5.33 Å². The van der Waals surface area contributed by atoms with Crippen LogP contribution in [0, 0.1) is 17.5 Å². The number of rotatable bonds is 6. The summed E-state index contributed by atoms with van der Waals surface area (Å²) in [4.78, 5) is -1.16. The monoisotopic (exact) mass is 373 g/mol. The molecule has 114 valence electrons. The van der Waals surface area contributed by atoms with Gasteiger partial charge < -0.3 is 0 Å². The molecule has 0 radical (unpaired) electrons. The molecule has 0 saturated carbocycles. The van der Waals surface area contributed by atoms with Gasteiger partial charge in [0.15, 0.2) is 4.90 Å². The largest absolute Gasteiger partial charge is 0.246 e. The Balaban J connectivity index is 3.32. The van der Waals surface area contributed by atoms with Crippen LogP contribution in [0.25, 0.3) is 0 Å². The summed E-state index contributed by atoms with van der Waals surface area (Å²) in [7, 11) is -4.43. The van der Waals surface area contributed by atoms with Crippen LogP contribution >= 0.6 is 15.9 Å². The molecule has 0 aliphatic rings. The van der Waals surface area contributed by atoms with Gasteiger partial charge in [-0.25, -0.2) is 26.3 Å². The number of hydrogen-bond acceptors (Lipinski definition) is 2. The first-order valence-corrected chi connectivity index (χ1v) is 8.56. The Morgan fingerprint density at radius 1 is 1.15 bits per heavy atom. The summed E-state index contributed by atoms with van der Waals surface area (Å²) in [5.41, 5.74) is -0.855. The van der Waals surface area contributed by atoms with Crippen molar-refractivity contribution >= 4 is 26.0 Å². The van der Waals surface area contributed by atoms with E-state index in [-0.39, 0.29) is 5.33 Å². The van der Waals surface area contributed by atoms with Crippen LogP contribution < -0.4 is 4.72 Å². The number of halogens is 4. The third-order valence-electron chi connectivity index (χ3n) is 3.19.